The monoisotopic (exact) mass is 325 g/mol. The van der Waals surface area contributed by atoms with Gasteiger partial charge in [0.05, 0.1) is 11.4 Å². The highest BCUT2D eigenvalue weighted by atomic mass is 15.3. The van der Waals surface area contributed by atoms with Gasteiger partial charge in [0.1, 0.15) is 5.82 Å². The van der Waals surface area contributed by atoms with Crippen LogP contribution in [0.3, 0.4) is 0 Å². The number of rotatable bonds is 3. The van der Waals surface area contributed by atoms with Crippen molar-refractivity contribution in [3.63, 3.8) is 0 Å². The molecule has 0 saturated carbocycles. The molecule has 1 fully saturated rings. The molecule has 1 aliphatic heterocycles. The van der Waals surface area contributed by atoms with Gasteiger partial charge in [-0.25, -0.2) is 4.98 Å². The molecule has 1 aliphatic carbocycles. The number of likely N-dealkylation sites (tertiary alicyclic amines) is 1. The zero-order valence-electron chi connectivity index (χ0n) is 14.5. The molecule has 0 bridgehead atoms. The molecular weight excluding hydrogens is 298 g/mol. The summed E-state index contributed by atoms with van der Waals surface area (Å²) in [5.41, 5.74) is 9.17. The molecule has 1 saturated heterocycles. The zero-order chi connectivity index (χ0) is 16.5. The van der Waals surface area contributed by atoms with E-state index in [1.165, 1.54) is 45.2 Å². The van der Waals surface area contributed by atoms with E-state index >= 15 is 0 Å². The van der Waals surface area contributed by atoms with Crippen LogP contribution in [-0.4, -0.2) is 39.1 Å². The number of aryl methyl sites for hydroxylation is 1. The molecule has 2 aliphatic rings. The second-order valence-electron chi connectivity index (χ2n) is 7.41. The number of allylic oxidation sites excluding steroid dienone is 2. The van der Waals surface area contributed by atoms with Crippen LogP contribution in [0.15, 0.2) is 24.3 Å². The quantitative estimate of drug-likeness (QED) is 0.881. The van der Waals surface area contributed by atoms with Gasteiger partial charge < -0.3 is 10.6 Å². The Morgan fingerprint density at radius 1 is 1.25 bits per heavy atom. The average molecular weight is 325 g/mol. The number of anilines is 1. The standard InChI is InChI=1S/C19H27N5/c1-14-10-19-21-17(11-18(20)24(19)22-14)16-8-5-9-23(13-16)12-15-6-3-2-4-7-15/h2-3,10-11,15-16H,4-9,12-13,20H2,1H3/t15-,16-/m1/s1. The van der Waals surface area contributed by atoms with Crippen molar-refractivity contribution in [2.45, 2.75) is 44.9 Å². The molecule has 0 unspecified atom stereocenters. The van der Waals surface area contributed by atoms with Crippen LogP contribution in [0.5, 0.6) is 0 Å². The van der Waals surface area contributed by atoms with Crippen LogP contribution in [-0.2, 0) is 0 Å². The number of piperidine rings is 1. The van der Waals surface area contributed by atoms with Gasteiger partial charge in [-0.1, -0.05) is 12.2 Å². The molecule has 128 valence electrons. The first-order valence-electron chi connectivity index (χ1n) is 9.19. The zero-order valence-corrected chi connectivity index (χ0v) is 14.5. The van der Waals surface area contributed by atoms with Gasteiger partial charge in [-0.3, -0.25) is 0 Å². The fourth-order valence-corrected chi connectivity index (χ4v) is 4.19. The smallest absolute Gasteiger partial charge is 0.157 e. The number of hydrogen-bond donors (Lipinski definition) is 1. The van der Waals surface area contributed by atoms with Gasteiger partial charge in [0.2, 0.25) is 0 Å². The van der Waals surface area contributed by atoms with Crippen molar-refractivity contribution in [1.82, 2.24) is 19.5 Å². The maximum Gasteiger partial charge on any atom is 0.157 e. The molecule has 5 nitrogen and oxygen atoms in total. The molecule has 2 atom stereocenters. The van der Waals surface area contributed by atoms with Crippen LogP contribution in [0.2, 0.25) is 0 Å². The Hall–Kier alpha value is -1.88. The van der Waals surface area contributed by atoms with E-state index in [1.54, 1.807) is 4.52 Å². The molecule has 0 spiro atoms. The Labute approximate surface area is 143 Å². The third-order valence-corrected chi connectivity index (χ3v) is 5.41. The predicted molar refractivity (Wildman–Crippen MR) is 97.0 cm³/mol. The number of nitrogens with two attached hydrogens (primary N) is 1. The summed E-state index contributed by atoms with van der Waals surface area (Å²) in [6.45, 7) is 5.54. The molecular formula is C19H27N5. The van der Waals surface area contributed by atoms with Crippen molar-refractivity contribution in [3.05, 3.63) is 35.7 Å². The second kappa shape index (κ2) is 6.55. The molecule has 0 radical (unpaired) electrons. The predicted octanol–water partition coefficient (Wildman–Crippen LogP) is 3.16. The molecule has 3 heterocycles. The van der Waals surface area contributed by atoms with E-state index in [9.17, 15) is 0 Å². The summed E-state index contributed by atoms with van der Waals surface area (Å²) in [4.78, 5) is 7.49. The lowest BCUT2D eigenvalue weighted by Gasteiger charge is -2.35. The van der Waals surface area contributed by atoms with E-state index in [2.05, 4.69) is 22.2 Å². The topological polar surface area (TPSA) is 59.5 Å². The van der Waals surface area contributed by atoms with Crippen LogP contribution in [0, 0.1) is 12.8 Å². The number of aromatic nitrogens is 3. The number of nitrogen functional groups attached to an aromatic ring is 1. The van der Waals surface area contributed by atoms with Crippen molar-refractivity contribution in [3.8, 4) is 0 Å². The van der Waals surface area contributed by atoms with Gasteiger partial charge in [-0.2, -0.15) is 9.61 Å². The minimum atomic E-state index is 0.486. The van der Waals surface area contributed by atoms with E-state index in [1.807, 2.05) is 19.1 Å². The average Bonchev–Trinajstić information content (AvgIpc) is 2.97. The van der Waals surface area contributed by atoms with E-state index in [0.717, 1.165) is 29.5 Å². The van der Waals surface area contributed by atoms with Gasteiger partial charge in [-0.15, -0.1) is 0 Å². The molecule has 2 N–H and O–H groups in total. The molecule has 0 aromatic carbocycles. The van der Waals surface area contributed by atoms with E-state index < -0.39 is 0 Å². The summed E-state index contributed by atoms with van der Waals surface area (Å²) < 4.78 is 1.74. The van der Waals surface area contributed by atoms with E-state index in [0.29, 0.717) is 11.7 Å². The maximum atomic E-state index is 6.20. The largest absolute Gasteiger partial charge is 0.384 e. The first-order valence-corrected chi connectivity index (χ1v) is 9.19. The molecule has 5 heteroatoms. The fraction of sp³-hybridized carbons (Fsp3) is 0.579. The van der Waals surface area contributed by atoms with Gasteiger partial charge >= 0.3 is 0 Å². The summed E-state index contributed by atoms with van der Waals surface area (Å²) in [7, 11) is 0. The third kappa shape index (κ3) is 3.18. The Morgan fingerprint density at radius 2 is 2.17 bits per heavy atom. The SMILES string of the molecule is Cc1cc2nc([C@@H]3CCCN(C[C@@H]4CC=CCC4)C3)cc(N)n2n1. The highest BCUT2D eigenvalue weighted by Crippen LogP contribution is 2.29. The Kier molecular flexibility index (Phi) is 4.27. The summed E-state index contributed by atoms with van der Waals surface area (Å²) in [6.07, 6.45) is 11.0. The van der Waals surface area contributed by atoms with Crippen molar-refractivity contribution < 1.29 is 0 Å². The summed E-state index contributed by atoms with van der Waals surface area (Å²) in [5, 5.41) is 4.40. The summed E-state index contributed by atoms with van der Waals surface area (Å²) >= 11 is 0. The lowest BCUT2D eigenvalue weighted by Crippen LogP contribution is -2.38. The molecule has 0 amide bonds. The van der Waals surface area contributed by atoms with Gasteiger partial charge in [0.15, 0.2) is 5.65 Å². The number of hydrogen-bond acceptors (Lipinski definition) is 4. The van der Waals surface area contributed by atoms with Gasteiger partial charge in [-0.05, 0) is 51.5 Å². The van der Waals surface area contributed by atoms with Crippen LogP contribution in [0.25, 0.3) is 5.65 Å². The first-order chi connectivity index (χ1) is 11.7. The lowest BCUT2D eigenvalue weighted by molar-refractivity contribution is 0.173. The Morgan fingerprint density at radius 3 is 3.00 bits per heavy atom. The Bertz CT molecular complexity index is 748. The van der Waals surface area contributed by atoms with E-state index in [4.69, 9.17) is 10.7 Å². The lowest BCUT2D eigenvalue weighted by atomic mass is 9.90. The fourth-order valence-electron chi connectivity index (χ4n) is 4.19. The molecule has 2 aromatic heterocycles. The highest BCUT2D eigenvalue weighted by Gasteiger charge is 2.25. The van der Waals surface area contributed by atoms with Crippen molar-refractivity contribution >= 4 is 11.5 Å². The van der Waals surface area contributed by atoms with Gasteiger partial charge in [0.25, 0.3) is 0 Å². The van der Waals surface area contributed by atoms with Crippen molar-refractivity contribution in [2.75, 3.05) is 25.4 Å². The van der Waals surface area contributed by atoms with Crippen LogP contribution < -0.4 is 5.73 Å². The first kappa shape index (κ1) is 15.6. The van der Waals surface area contributed by atoms with Crippen LogP contribution >= 0.6 is 0 Å². The molecule has 24 heavy (non-hydrogen) atoms. The van der Waals surface area contributed by atoms with Crippen molar-refractivity contribution in [2.24, 2.45) is 5.92 Å². The Balaban J connectivity index is 1.50. The minimum absolute atomic E-state index is 0.486. The third-order valence-electron chi connectivity index (χ3n) is 5.41. The summed E-state index contributed by atoms with van der Waals surface area (Å²) in [6, 6.07) is 4.03. The van der Waals surface area contributed by atoms with Crippen LogP contribution in [0.4, 0.5) is 5.82 Å². The van der Waals surface area contributed by atoms with Crippen molar-refractivity contribution in [1.29, 1.82) is 0 Å². The van der Waals surface area contributed by atoms with Gasteiger partial charge in [0, 0.05) is 31.1 Å². The normalized spacial score (nSPS) is 25.4. The van der Waals surface area contributed by atoms with Crippen LogP contribution in [0.1, 0.15) is 49.4 Å². The highest BCUT2D eigenvalue weighted by molar-refractivity contribution is 5.48. The second-order valence-corrected chi connectivity index (χ2v) is 7.41. The minimum Gasteiger partial charge on any atom is -0.384 e. The summed E-state index contributed by atoms with van der Waals surface area (Å²) in [5.74, 6) is 2.00. The number of fused-ring (bicyclic) bond motifs is 1. The maximum absolute atomic E-state index is 6.20. The molecule has 2 aromatic rings. The molecule has 4 rings (SSSR count). The van der Waals surface area contributed by atoms with E-state index in [-0.39, 0.29) is 0 Å². The number of nitrogens with zero attached hydrogens (tertiary/aromatic N) is 4.